The molecular formula is C9H15FN2O. The number of aliphatic imine (C=N–C) groups is 1. The summed E-state index contributed by atoms with van der Waals surface area (Å²) in [5.41, 5.74) is 5.96. The summed E-state index contributed by atoms with van der Waals surface area (Å²) in [5.74, 6) is -0.911. The van der Waals surface area contributed by atoms with E-state index in [-0.39, 0.29) is 5.88 Å². The summed E-state index contributed by atoms with van der Waals surface area (Å²) in [4.78, 5) is 3.87. The van der Waals surface area contributed by atoms with Gasteiger partial charge in [-0.15, -0.1) is 0 Å². The van der Waals surface area contributed by atoms with Gasteiger partial charge in [-0.1, -0.05) is 13.0 Å². The Hall–Kier alpha value is -1.32. The molecule has 0 heterocycles. The van der Waals surface area contributed by atoms with Crippen molar-refractivity contribution in [2.75, 3.05) is 7.11 Å². The molecule has 4 heteroatoms. The van der Waals surface area contributed by atoms with Gasteiger partial charge in [0.2, 0.25) is 11.7 Å². The van der Waals surface area contributed by atoms with Crippen molar-refractivity contribution in [3.63, 3.8) is 0 Å². The third-order valence-corrected chi connectivity index (χ3v) is 1.49. The van der Waals surface area contributed by atoms with E-state index in [1.165, 1.54) is 7.11 Å². The minimum Gasteiger partial charge on any atom is -0.481 e. The zero-order valence-electron chi connectivity index (χ0n) is 8.17. The van der Waals surface area contributed by atoms with Gasteiger partial charge in [0.15, 0.2) is 0 Å². The number of methoxy groups -OCH3 is 1. The lowest BCUT2D eigenvalue weighted by Gasteiger charge is -1.98. The van der Waals surface area contributed by atoms with Crippen molar-refractivity contribution >= 4 is 6.21 Å². The van der Waals surface area contributed by atoms with Gasteiger partial charge in [-0.25, -0.2) is 0 Å². The molecule has 74 valence electrons. The van der Waals surface area contributed by atoms with Crippen LogP contribution in [-0.4, -0.2) is 13.3 Å². The molecule has 0 unspecified atom stereocenters. The Balaban J connectivity index is 4.43. The fourth-order valence-corrected chi connectivity index (χ4v) is 0.671. The topological polar surface area (TPSA) is 47.6 Å². The fourth-order valence-electron chi connectivity index (χ4n) is 0.671. The van der Waals surface area contributed by atoms with Crippen LogP contribution >= 0.6 is 0 Å². The average molecular weight is 186 g/mol. The summed E-state index contributed by atoms with van der Waals surface area (Å²) in [5, 5.41) is 0. The molecule has 13 heavy (non-hydrogen) atoms. The maximum atomic E-state index is 12.9. The largest absolute Gasteiger partial charge is 0.481 e. The van der Waals surface area contributed by atoms with E-state index in [4.69, 9.17) is 5.73 Å². The molecule has 3 nitrogen and oxygen atoms in total. The summed E-state index contributed by atoms with van der Waals surface area (Å²) >= 11 is 0. The second kappa shape index (κ2) is 6.22. The van der Waals surface area contributed by atoms with E-state index in [1.807, 2.05) is 19.9 Å². The highest BCUT2D eigenvalue weighted by molar-refractivity contribution is 5.76. The molecule has 0 fully saturated rings. The van der Waals surface area contributed by atoms with Crippen LogP contribution in [0.15, 0.2) is 28.5 Å². The Morgan fingerprint density at radius 1 is 1.62 bits per heavy atom. The van der Waals surface area contributed by atoms with Gasteiger partial charge in [-0.05, 0) is 13.3 Å². The summed E-state index contributed by atoms with van der Waals surface area (Å²) < 4.78 is 17.4. The van der Waals surface area contributed by atoms with Crippen LogP contribution < -0.4 is 5.73 Å². The number of hydrogen-bond acceptors (Lipinski definition) is 3. The molecule has 0 aromatic carbocycles. The average Bonchev–Trinajstić information content (AvgIpc) is 2.17. The lowest BCUT2D eigenvalue weighted by molar-refractivity contribution is 0.275. The first kappa shape index (κ1) is 11.7. The van der Waals surface area contributed by atoms with Gasteiger partial charge in [0.1, 0.15) is 0 Å². The third kappa shape index (κ3) is 4.30. The molecule has 0 radical (unpaired) electrons. The van der Waals surface area contributed by atoms with Crippen molar-refractivity contribution < 1.29 is 9.13 Å². The maximum Gasteiger partial charge on any atom is 0.222 e. The molecule has 0 aromatic heterocycles. The van der Waals surface area contributed by atoms with E-state index in [2.05, 4.69) is 9.73 Å². The van der Waals surface area contributed by atoms with Crippen LogP contribution in [-0.2, 0) is 4.74 Å². The summed E-state index contributed by atoms with van der Waals surface area (Å²) in [6.45, 7) is 3.78. The van der Waals surface area contributed by atoms with Crippen LogP contribution in [0.4, 0.5) is 4.39 Å². The van der Waals surface area contributed by atoms with E-state index in [9.17, 15) is 4.39 Å². The van der Waals surface area contributed by atoms with Crippen LogP contribution in [0.1, 0.15) is 20.3 Å². The van der Waals surface area contributed by atoms with Gasteiger partial charge in [-0.3, -0.25) is 4.99 Å². The van der Waals surface area contributed by atoms with Crippen LogP contribution in [0.3, 0.4) is 0 Å². The van der Waals surface area contributed by atoms with Crippen LogP contribution in [0, 0.1) is 0 Å². The first-order valence-electron chi connectivity index (χ1n) is 4.04. The molecule has 2 N–H and O–H groups in total. The molecular weight excluding hydrogens is 171 g/mol. The molecule has 0 amide bonds. The molecule has 0 aliphatic carbocycles. The van der Waals surface area contributed by atoms with Crippen molar-refractivity contribution in [1.82, 2.24) is 0 Å². The molecule has 0 atom stereocenters. The van der Waals surface area contributed by atoms with Gasteiger partial charge in [-0.2, -0.15) is 4.39 Å². The van der Waals surface area contributed by atoms with E-state index < -0.39 is 5.83 Å². The maximum absolute atomic E-state index is 12.9. The zero-order valence-corrected chi connectivity index (χ0v) is 8.17. The van der Waals surface area contributed by atoms with Crippen molar-refractivity contribution in [2.45, 2.75) is 20.3 Å². The van der Waals surface area contributed by atoms with Crippen molar-refractivity contribution in [3.8, 4) is 0 Å². The first-order valence-corrected chi connectivity index (χ1v) is 4.04. The number of hydrogen-bond donors (Lipinski definition) is 1. The molecule has 0 aromatic rings. The number of rotatable bonds is 4. The highest BCUT2D eigenvalue weighted by Gasteiger charge is 1.98. The van der Waals surface area contributed by atoms with E-state index in [1.54, 1.807) is 0 Å². The number of nitrogens with zero attached hydrogens (tertiary/aromatic N) is 1. The van der Waals surface area contributed by atoms with Gasteiger partial charge < -0.3 is 10.5 Å². The molecule has 0 saturated carbocycles. The summed E-state index contributed by atoms with van der Waals surface area (Å²) in [6.07, 6.45) is 3.62. The Morgan fingerprint density at radius 3 is 2.62 bits per heavy atom. The number of halogens is 1. The summed E-state index contributed by atoms with van der Waals surface area (Å²) in [6, 6.07) is 0. The highest BCUT2D eigenvalue weighted by Crippen LogP contribution is 2.04. The molecule has 0 bridgehead atoms. The molecule has 0 rings (SSSR count). The Bertz CT molecular complexity index is 244. The van der Waals surface area contributed by atoms with Gasteiger partial charge in [0.05, 0.1) is 13.3 Å². The third-order valence-electron chi connectivity index (χ3n) is 1.49. The SMILES string of the molecule is C\C=C(CC)/N=C/C(F)=C(\N)OC. The molecule has 0 aliphatic rings. The number of allylic oxidation sites excluding steroid dienone is 3. The quantitative estimate of drug-likeness (QED) is 0.540. The second-order valence-corrected chi connectivity index (χ2v) is 2.31. The number of nitrogens with two attached hydrogens (primary N) is 1. The van der Waals surface area contributed by atoms with E-state index >= 15 is 0 Å². The lowest BCUT2D eigenvalue weighted by Crippen LogP contribution is -2.02. The molecule has 0 saturated heterocycles. The lowest BCUT2D eigenvalue weighted by atomic mass is 10.3. The Morgan fingerprint density at radius 2 is 2.23 bits per heavy atom. The van der Waals surface area contributed by atoms with Crippen LogP contribution in [0.2, 0.25) is 0 Å². The summed E-state index contributed by atoms with van der Waals surface area (Å²) in [7, 11) is 1.30. The smallest absolute Gasteiger partial charge is 0.222 e. The van der Waals surface area contributed by atoms with Gasteiger partial charge >= 0.3 is 0 Å². The highest BCUT2D eigenvalue weighted by atomic mass is 19.1. The predicted molar refractivity (Wildman–Crippen MR) is 51.9 cm³/mol. The van der Waals surface area contributed by atoms with Gasteiger partial charge in [0.25, 0.3) is 0 Å². The second-order valence-electron chi connectivity index (χ2n) is 2.31. The minimum atomic E-state index is -0.657. The van der Waals surface area contributed by atoms with Crippen molar-refractivity contribution in [2.24, 2.45) is 10.7 Å². The van der Waals surface area contributed by atoms with Gasteiger partial charge in [0, 0.05) is 5.70 Å². The predicted octanol–water partition coefficient (Wildman–Crippen LogP) is 2.11. The molecule has 0 aliphatic heterocycles. The van der Waals surface area contributed by atoms with Crippen LogP contribution in [0.5, 0.6) is 0 Å². The monoisotopic (exact) mass is 186 g/mol. The van der Waals surface area contributed by atoms with E-state index in [0.717, 1.165) is 18.3 Å². The van der Waals surface area contributed by atoms with Crippen molar-refractivity contribution in [3.05, 3.63) is 23.5 Å². The van der Waals surface area contributed by atoms with E-state index in [0.29, 0.717) is 0 Å². The van der Waals surface area contributed by atoms with Crippen LogP contribution in [0.25, 0.3) is 0 Å². The molecule has 0 spiro atoms. The minimum absolute atomic E-state index is 0.254. The Labute approximate surface area is 77.8 Å². The fraction of sp³-hybridized carbons (Fsp3) is 0.444. The number of ether oxygens (including phenoxy) is 1. The first-order chi connectivity index (χ1) is 6.15. The Kier molecular flexibility index (Phi) is 5.59. The standard InChI is InChI=1S/C9H15FN2O/c1-4-7(5-2)12-6-8(10)9(11)13-3/h4,6H,5,11H2,1-3H3/b7-4-,9-8-,12-6+. The zero-order chi connectivity index (χ0) is 10.3. The normalized spacial score (nSPS) is 14.6. The van der Waals surface area contributed by atoms with Crippen molar-refractivity contribution in [1.29, 1.82) is 0 Å².